The molecule has 1 unspecified atom stereocenters. The van der Waals surface area contributed by atoms with Crippen molar-refractivity contribution < 1.29 is 4.79 Å². The van der Waals surface area contributed by atoms with Gasteiger partial charge in [0, 0.05) is 31.1 Å². The van der Waals surface area contributed by atoms with Crippen molar-refractivity contribution in [2.24, 2.45) is 5.92 Å². The van der Waals surface area contributed by atoms with Gasteiger partial charge in [-0.25, -0.2) is 0 Å². The van der Waals surface area contributed by atoms with Gasteiger partial charge in [-0.1, -0.05) is 19.9 Å². The lowest BCUT2D eigenvalue weighted by atomic mass is 9.96. The van der Waals surface area contributed by atoms with Crippen molar-refractivity contribution in [3.8, 4) is 0 Å². The van der Waals surface area contributed by atoms with Crippen LogP contribution >= 0.6 is 0 Å². The highest BCUT2D eigenvalue weighted by molar-refractivity contribution is 5.78. The number of pyridine rings is 1. The molecule has 1 atom stereocenters. The number of carbonyl (C=O) groups excluding carboxylic acids is 1. The maximum Gasteiger partial charge on any atom is 0.225 e. The smallest absolute Gasteiger partial charge is 0.225 e. The number of likely N-dealkylation sites (tertiary alicyclic amines) is 1. The second-order valence-electron chi connectivity index (χ2n) is 5.77. The van der Waals surface area contributed by atoms with Crippen molar-refractivity contribution in [3.63, 3.8) is 0 Å². The highest BCUT2D eigenvalue weighted by Crippen LogP contribution is 2.26. The molecule has 1 saturated heterocycles. The third-order valence-corrected chi connectivity index (χ3v) is 3.93. The minimum Gasteiger partial charge on any atom is -0.342 e. The van der Waals surface area contributed by atoms with E-state index in [-0.39, 0.29) is 17.7 Å². The van der Waals surface area contributed by atoms with Crippen LogP contribution in [0.4, 0.5) is 0 Å². The van der Waals surface area contributed by atoms with Gasteiger partial charge in [-0.05, 0) is 25.0 Å². The average Bonchev–Trinajstić information content (AvgIpc) is 2.90. The third-order valence-electron chi connectivity index (χ3n) is 3.93. The minimum absolute atomic E-state index is 0.0592. The van der Waals surface area contributed by atoms with Crippen LogP contribution < -0.4 is 0 Å². The topological polar surface area (TPSA) is 50.5 Å². The van der Waals surface area contributed by atoms with E-state index in [9.17, 15) is 4.79 Å². The van der Waals surface area contributed by atoms with Gasteiger partial charge in [0.15, 0.2) is 5.65 Å². The van der Waals surface area contributed by atoms with E-state index in [1.807, 2.05) is 47.5 Å². The Labute approximate surface area is 118 Å². The predicted octanol–water partition coefficient (Wildman–Crippen LogP) is 2.09. The predicted molar refractivity (Wildman–Crippen MR) is 76.4 cm³/mol. The molecule has 3 heterocycles. The fourth-order valence-corrected chi connectivity index (χ4v) is 2.89. The van der Waals surface area contributed by atoms with Gasteiger partial charge in [0.1, 0.15) is 5.82 Å². The Kier molecular flexibility index (Phi) is 3.42. The van der Waals surface area contributed by atoms with Gasteiger partial charge in [-0.3, -0.25) is 9.20 Å². The standard InChI is InChI=1S/C15H20N4O/c1-11(2)15(20)18-8-5-6-12(10-18)14-17-16-13-7-3-4-9-19(13)14/h3-4,7,9,11-12H,5-6,8,10H2,1-2H3. The maximum absolute atomic E-state index is 12.2. The molecule has 1 amide bonds. The molecular formula is C15H20N4O. The first-order valence-corrected chi connectivity index (χ1v) is 7.25. The van der Waals surface area contributed by atoms with E-state index >= 15 is 0 Å². The molecule has 2 aromatic heterocycles. The summed E-state index contributed by atoms with van der Waals surface area (Å²) in [6.07, 6.45) is 4.09. The molecule has 0 spiro atoms. The molecule has 0 saturated carbocycles. The summed E-state index contributed by atoms with van der Waals surface area (Å²) in [5, 5.41) is 8.54. The van der Waals surface area contributed by atoms with Crippen molar-refractivity contribution in [3.05, 3.63) is 30.2 Å². The molecule has 5 nitrogen and oxygen atoms in total. The Morgan fingerprint density at radius 2 is 2.20 bits per heavy atom. The van der Waals surface area contributed by atoms with Gasteiger partial charge in [-0.15, -0.1) is 10.2 Å². The van der Waals surface area contributed by atoms with Gasteiger partial charge < -0.3 is 4.90 Å². The molecule has 0 radical (unpaired) electrons. The van der Waals surface area contributed by atoms with E-state index in [2.05, 4.69) is 10.2 Å². The van der Waals surface area contributed by atoms with Crippen LogP contribution in [-0.2, 0) is 4.79 Å². The van der Waals surface area contributed by atoms with Gasteiger partial charge in [0.05, 0.1) is 0 Å². The fraction of sp³-hybridized carbons (Fsp3) is 0.533. The number of aromatic nitrogens is 3. The molecule has 0 aromatic carbocycles. The van der Waals surface area contributed by atoms with Crippen molar-refractivity contribution in [1.29, 1.82) is 0 Å². The van der Waals surface area contributed by atoms with Crippen LogP contribution in [0.3, 0.4) is 0 Å². The average molecular weight is 272 g/mol. The molecule has 1 aliphatic heterocycles. The quantitative estimate of drug-likeness (QED) is 0.841. The van der Waals surface area contributed by atoms with E-state index in [1.54, 1.807) is 0 Å². The molecule has 106 valence electrons. The van der Waals surface area contributed by atoms with E-state index < -0.39 is 0 Å². The first-order chi connectivity index (χ1) is 9.66. The highest BCUT2D eigenvalue weighted by Gasteiger charge is 2.28. The number of hydrogen-bond donors (Lipinski definition) is 0. The van der Waals surface area contributed by atoms with Crippen LogP contribution in [0.1, 0.15) is 38.4 Å². The normalized spacial score (nSPS) is 19.8. The van der Waals surface area contributed by atoms with Gasteiger partial charge in [-0.2, -0.15) is 0 Å². The van der Waals surface area contributed by atoms with Crippen molar-refractivity contribution in [2.75, 3.05) is 13.1 Å². The lowest BCUT2D eigenvalue weighted by Gasteiger charge is -2.33. The molecule has 3 rings (SSSR count). The SMILES string of the molecule is CC(C)C(=O)N1CCCC(c2nnc3ccccn23)C1. The Balaban J connectivity index is 1.85. The molecule has 20 heavy (non-hydrogen) atoms. The summed E-state index contributed by atoms with van der Waals surface area (Å²) in [5.41, 5.74) is 0.870. The summed E-state index contributed by atoms with van der Waals surface area (Å²) in [7, 11) is 0. The first kappa shape index (κ1) is 13.1. The zero-order chi connectivity index (χ0) is 14.1. The largest absolute Gasteiger partial charge is 0.342 e. The van der Waals surface area contributed by atoms with Gasteiger partial charge in [0.2, 0.25) is 5.91 Å². The van der Waals surface area contributed by atoms with Crippen LogP contribution in [0.2, 0.25) is 0 Å². The van der Waals surface area contributed by atoms with Crippen LogP contribution in [0.25, 0.3) is 5.65 Å². The molecule has 0 bridgehead atoms. The first-order valence-electron chi connectivity index (χ1n) is 7.25. The summed E-state index contributed by atoms with van der Waals surface area (Å²) in [6, 6.07) is 5.90. The second-order valence-corrected chi connectivity index (χ2v) is 5.77. The molecule has 1 aliphatic rings. The maximum atomic E-state index is 12.2. The van der Waals surface area contributed by atoms with Crippen molar-refractivity contribution in [1.82, 2.24) is 19.5 Å². The fourth-order valence-electron chi connectivity index (χ4n) is 2.89. The van der Waals surface area contributed by atoms with Crippen LogP contribution in [-0.4, -0.2) is 38.5 Å². The minimum atomic E-state index is 0.0592. The lowest BCUT2D eigenvalue weighted by molar-refractivity contribution is -0.135. The number of rotatable bonds is 2. The Morgan fingerprint density at radius 1 is 1.35 bits per heavy atom. The van der Waals surface area contributed by atoms with E-state index in [0.717, 1.165) is 37.4 Å². The molecule has 0 N–H and O–H groups in total. The number of carbonyl (C=O) groups is 1. The zero-order valence-electron chi connectivity index (χ0n) is 12.0. The van der Waals surface area contributed by atoms with E-state index in [4.69, 9.17) is 0 Å². The van der Waals surface area contributed by atoms with Crippen molar-refractivity contribution >= 4 is 11.6 Å². The number of fused-ring (bicyclic) bond motifs is 1. The van der Waals surface area contributed by atoms with Gasteiger partial charge in [0.25, 0.3) is 0 Å². The zero-order valence-corrected chi connectivity index (χ0v) is 12.0. The molecule has 5 heteroatoms. The number of amides is 1. The Morgan fingerprint density at radius 3 is 3.00 bits per heavy atom. The summed E-state index contributed by atoms with van der Waals surface area (Å²) in [6.45, 7) is 5.54. The Bertz CT molecular complexity index is 619. The number of nitrogens with zero attached hydrogens (tertiary/aromatic N) is 4. The number of piperidine rings is 1. The Hall–Kier alpha value is -1.91. The lowest BCUT2D eigenvalue weighted by Crippen LogP contribution is -2.41. The summed E-state index contributed by atoms with van der Waals surface area (Å²) in [4.78, 5) is 14.1. The monoisotopic (exact) mass is 272 g/mol. The van der Waals surface area contributed by atoms with Gasteiger partial charge >= 0.3 is 0 Å². The molecule has 1 fully saturated rings. The molecule has 2 aromatic rings. The summed E-state index contributed by atoms with van der Waals surface area (Å²) >= 11 is 0. The van der Waals surface area contributed by atoms with E-state index in [0.29, 0.717) is 0 Å². The van der Waals surface area contributed by atoms with Crippen LogP contribution in [0.15, 0.2) is 24.4 Å². The second kappa shape index (κ2) is 5.23. The molecular weight excluding hydrogens is 252 g/mol. The van der Waals surface area contributed by atoms with Crippen LogP contribution in [0.5, 0.6) is 0 Å². The summed E-state index contributed by atoms with van der Waals surface area (Å²) < 4.78 is 2.04. The van der Waals surface area contributed by atoms with E-state index in [1.165, 1.54) is 0 Å². The van der Waals surface area contributed by atoms with Crippen molar-refractivity contribution in [2.45, 2.75) is 32.6 Å². The third kappa shape index (κ3) is 2.28. The summed E-state index contributed by atoms with van der Waals surface area (Å²) in [5.74, 6) is 1.55. The molecule has 0 aliphatic carbocycles. The highest BCUT2D eigenvalue weighted by atomic mass is 16.2. The number of hydrogen-bond acceptors (Lipinski definition) is 3. The van der Waals surface area contributed by atoms with Crippen LogP contribution in [0, 0.1) is 5.92 Å².